The summed E-state index contributed by atoms with van der Waals surface area (Å²) in [7, 11) is -3.64. The first-order valence-corrected chi connectivity index (χ1v) is 10.8. The van der Waals surface area contributed by atoms with Crippen molar-refractivity contribution in [3.05, 3.63) is 29.8 Å². The molecule has 1 saturated heterocycles. The molecule has 2 rings (SSSR count). The van der Waals surface area contributed by atoms with Gasteiger partial charge < -0.3 is 14.5 Å². The van der Waals surface area contributed by atoms with Crippen molar-refractivity contribution in [2.24, 2.45) is 0 Å². The third-order valence-electron chi connectivity index (χ3n) is 4.50. The molecule has 27 heavy (non-hydrogen) atoms. The number of rotatable bonds is 7. The number of hydrogen-bond donors (Lipinski definition) is 0. The van der Waals surface area contributed by atoms with Gasteiger partial charge in [0.2, 0.25) is 15.9 Å². The lowest BCUT2D eigenvalue weighted by Gasteiger charge is -2.28. The van der Waals surface area contributed by atoms with Crippen molar-refractivity contribution in [3.63, 3.8) is 0 Å². The van der Waals surface area contributed by atoms with E-state index in [9.17, 15) is 18.0 Å². The first kappa shape index (κ1) is 21.2. The Labute approximate surface area is 160 Å². The zero-order valence-corrected chi connectivity index (χ0v) is 16.9. The fourth-order valence-electron chi connectivity index (χ4n) is 2.92. The summed E-state index contributed by atoms with van der Waals surface area (Å²) in [6, 6.07) is 6.30. The lowest BCUT2D eigenvalue weighted by atomic mass is 10.1. The summed E-state index contributed by atoms with van der Waals surface area (Å²) >= 11 is 0. The normalized spacial score (nSPS) is 14.7. The van der Waals surface area contributed by atoms with Crippen molar-refractivity contribution in [2.45, 2.75) is 13.8 Å². The second kappa shape index (κ2) is 9.18. The van der Waals surface area contributed by atoms with E-state index in [0.29, 0.717) is 50.6 Å². The summed E-state index contributed by atoms with van der Waals surface area (Å²) in [5.41, 5.74) is 0.834. The van der Waals surface area contributed by atoms with Crippen LogP contribution in [0, 0.1) is 0 Å². The van der Waals surface area contributed by atoms with Gasteiger partial charge in [0.05, 0.1) is 25.2 Å². The molecule has 0 radical (unpaired) electrons. The van der Waals surface area contributed by atoms with E-state index in [-0.39, 0.29) is 18.4 Å². The number of anilines is 1. The van der Waals surface area contributed by atoms with Gasteiger partial charge in [0.15, 0.2) is 0 Å². The molecule has 1 aromatic carbocycles. The minimum Gasteiger partial charge on any atom is -0.378 e. The Morgan fingerprint density at radius 3 is 2.11 bits per heavy atom. The molecule has 2 amide bonds. The minimum absolute atomic E-state index is 0.116. The van der Waals surface area contributed by atoms with Crippen molar-refractivity contribution in [3.8, 4) is 0 Å². The van der Waals surface area contributed by atoms with E-state index in [1.165, 1.54) is 0 Å². The van der Waals surface area contributed by atoms with E-state index in [4.69, 9.17) is 4.74 Å². The fraction of sp³-hybridized carbons (Fsp3) is 0.556. The molecule has 0 saturated carbocycles. The van der Waals surface area contributed by atoms with Gasteiger partial charge in [-0.2, -0.15) is 0 Å². The van der Waals surface area contributed by atoms with Crippen LogP contribution in [0.25, 0.3) is 0 Å². The van der Waals surface area contributed by atoms with Crippen LogP contribution in [-0.2, 0) is 19.6 Å². The Bertz CT molecular complexity index is 754. The van der Waals surface area contributed by atoms with Crippen LogP contribution < -0.4 is 4.31 Å². The summed E-state index contributed by atoms with van der Waals surface area (Å²) in [6.45, 7) is 6.55. The molecular formula is C18H27N3O5S. The second-order valence-corrected chi connectivity index (χ2v) is 8.19. The molecule has 9 heteroatoms. The molecule has 0 unspecified atom stereocenters. The molecule has 1 aliphatic heterocycles. The molecule has 0 bridgehead atoms. The van der Waals surface area contributed by atoms with Crippen molar-refractivity contribution < 1.29 is 22.7 Å². The van der Waals surface area contributed by atoms with Gasteiger partial charge in [0, 0.05) is 31.7 Å². The zero-order valence-electron chi connectivity index (χ0n) is 16.1. The van der Waals surface area contributed by atoms with E-state index < -0.39 is 10.0 Å². The minimum atomic E-state index is -3.64. The molecular weight excluding hydrogens is 370 g/mol. The number of nitrogens with zero attached hydrogens (tertiary/aromatic N) is 3. The van der Waals surface area contributed by atoms with Crippen LogP contribution in [0.3, 0.4) is 0 Å². The van der Waals surface area contributed by atoms with Crippen LogP contribution in [-0.4, -0.2) is 82.2 Å². The fourth-order valence-corrected chi connectivity index (χ4v) is 3.77. The highest BCUT2D eigenvalue weighted by Crippen LogP contribution is 2.19. The van der Waals surface area contributed by atoms with Crippen molar-refractivity contribution >= 4 is 27.5 Å². The van der Waals surface area contributed by atoms with E-state index in [1.807, 2.05) is 13.8 Å². The Morgan fingerprint density at radius 1 is 1.07 bits per heavy atom. The molecule has 8 nitrogen and oxygen atoms in total. The average molecular weight is 397 g/mol. The van der Waals surface area contributed by atoms with Crippen LogP contribution in [0.2, 0.25) is 0 Å². The van der Waals surface area contributed by atoms with Gasteiger partial charge in [-0.25, -0.2) is 8.42 Å². The summed E-state index contributed by atoms with van der Waals surface area (Å²) in [6.07, 6.45) is 1.06. The summed E-state index contributed by atoms with van der Waals surface area (Å²) in [5.74, 6) is -0.381. The highest BCUT2D eigenvalue weighted by atomic mass is 32.2. The number of carbonyl (C=O) groups is 2. The quantitative estimate of drug-likeness (QED) is 0.679. The Hall–Kier alpha value is -2.13. The van der Waals surface area contributed by atoms with Gasteiger partial charge in [-0.15, -0.1) is 0 Å². The van der Waals surface area contributed by atoms with E-state index in [0.717, 1.165) is 10.6 Å². The molecule has 1 heterocycles. The first-order valence-electron chi connectivity index (χ1n) is 9.00. The third kappa shape index (κ3) is 5.43. The van der Waals surface area contributed by atoms with Gasteiger partial charge >= 0.3 is 0 Å². The van der Waals surface area contributed by atoms with Crippen LogP contribution in [0.15, 0.2) is 24.3 Å². The third-order valence-corrected chi connectivity index (χ3v) is 5.64. The van der Waals surface area contributed by atoms with Gasteiger partial charge in [-0.1, -0.05) is 0 Å². The number of ether oxygens (including phenoxy) is 1. The maximum atomic E-state index is 12.5. The van der Waals surface area contributed by atoms with Crippen LogP contribution >= 0.6 is 0 Å². The standard InChI is InChI=1S/C18H27N3O5S/c1-4-19(5-2)17(22)14-21(27(3,24)25)16-8-6-15(7-9-16)18(23)20-10-12-26-13-11-20/h6-9H,4-5,10-14H2,1-3H3. The monoisotopic (exact) mass is 397 g/mol. The van der Waals surface area contributed by atoms with Crippen LogP contribution in [0.4, 0.5) is 5.69 Å². The van der Waals surface area contributed by atoms with Crippen molar-refractivity contribution in [2.75, 3.05) is 56.5 Å². The Kier molecular flexibility index (Phi) is 7.20. The number of benzene rings is 1. The van der Waals surface area contributed by atoms with Crippen molar-refractivity contribution in [1.82, 2.24) is 9.80 Å². The average Bonchev–Trinajstić information content (AvgIpc) is 2.66. The SMILES string of the molecule is CCN(CC)C(=O)CN(c1ccc(C(=O)N2CCOCC2)cc1)S(C)(=O)=O. The maximum Gasteiger partial charge on any atom is 0.254 e. The first-order chi connectivity index (χ1) is 12.8. The highest BCUT2D eigenvalue weighted by Gasteiger charge is 2.24. The molecule has 1 aromatic rings. The largest absolute Gasteiger partial charge is 0.378 e. The van der Waals surface area contributed by atoms with Crippen LogP contribution in [0.1, 0.15) is 24.2 Å². The number of carbonyl (C=O) groups excluding carboxylic acids is 2. The predicted molar refractivity (Wildman–Crippen MR) is 103 cm³/mol. The summed E-state index contributed by atoms with van der Waals surface area (Å²) < 4.78 is 30.7. The Morgan fingerprint density at radius 2 is 1.63 bits per heavy atom. The molecule has 1 fully saturated rings. The van der Waals surface area contributed by atoms with E-state index >= 15 is 0 Å². The van der Waals surface area contributed by atoms with Gasteiger partial charge in [0.1, 0.15) is 6.54 Å². The topological polar surface area (TPSA) is 87.2 Å². The Balaban J connectivity index is 2.19. The number of sulfonamides is 1. The molecule has 0 spiro atoms. The predicted octanol–water partition coefficient (Wildman–Crippen LogP) is 0.793. The molecule has 0 atom stereocenters. The highest BCUT2D eigenvalue weighted by molar-refractivity contribution is 7.92. The zero-order chi connectivity index (χ0) is 20.0. The maximum absolute atomic E-state index is 12.5. The molecule has 0 aliphatic carbocycles. The smallest absolute Gasteiger partial charge is 0.254 e. The van der Waals surface area contributed by atoms with Gasteiger partial charge in [-0.3, -0.25) is 13.9 Å². The number of hydrogen-bond acceptors (Lipinski definition) is 5. The number of amides is 2. The van der Waals surface area contributed by atoms with E-state index in [1.54, 1.807) is 34.1 Å². The van der Waals surface area contributed by atoms with Crippen LogP contribution in [0.5, 0.6) is 0 Å². The number of likely N-dealkylation sites (N-methyl/N-ethyl adjacent to an activating group) is 1. The summed E-state index contributed by atoms with van der Waals surface area (Å²) in [4.78, 5) is 28.1. The van der Waals surface area contributed by atoms with Gasteiger partial charge in [-0.05, 0) is 38.1 Å². The molecule has 0 N–H and O–H groups in total. The van der Waals surface area contributed by atoms with Crippen molar-refractivity contribution in [1.29, 1.82) is 0 Å². The summed E-state index contributed by atoms with van der Waals surface area (Å²) in [5, 5.41) is 0. The van der Waals surface area contributed by atoms with E-state index in [2.05, 4.69) is 0 Å². The molecule has 150 valence electrons. The molecule has 0 aromatic heterocycles. The van der Waals surface area contributed by atoms with Gasteiger partial charge in [0.25, 0.3) is 5.91 Å². The lowest BCUT2D eigenvalue weighted by molar-refractivity contribution is -0.129. The lowest BCUT2D eigenvalue weighted by Crippen LogP contribution is -2.42. The second-order valence-electron chi connectivity index (χ2n) is 6.29. The molecule has 1 aliphatic rings. The number of morpholine rings is 1.